The Morgan fingerprint density at radius 2 is 1.79 bits per heavy atom. The topological polar surface area (TPSA) is 220 Å². The number of benzene rings is 1. The van der Waals surface area contributed by atoms with E-state index >= 15 is 0 Å². The summed E-state index contributed by atoms with van der Waals surface area (Å²) in [5.41, 5.74) is 7.54. The van der Waals surface area contributed by atoms with E-state index in [1.165, 1.54) is 25.1 Å². The van der Waals surface area contributed by atoms with E-state index in [2.05, 4.69) is 5.32 Å². The van der Waals surface area contributed by atoms with Crippen LogP contribution in [0.5, 0.6) is 5.75 Å². The van der Waals surface area contributed by atoms with Crippen LogP contribution in [0.4, 0.5) is 5.69 Å². The van der Waals surface area contributed by atoms with Crippen LogP contribution in [0, 0.1) is 11.8 Å². The quantitative estimate of drug-likeness (QED) is 0.209. The van der Waals surface area contributed by atoms with Gasteiger partial charge in [-0.25, -0.2) is 0 Å². The molecule has 3 aliphatic carbocycles. The number of amides is 2. The molecule has 1 fully saturated rings. The van der Waals surface area contributed by atoms with E-state index < -0.39 is 69.7 Å². The highest BCUT2D eigenvalue weighted by Crippen LogP contribution is 2.54. The van der Waals surface area contributed by atoms with Crippen molar-refractivity contribution in [2.75, 3.05) is 46.2 Å². The van der Waals surface area contributed by atoms with Crippen LogP contribution < -0.4 is 21.7 Å². The lowest BCUT2D eigenvalue weighted by Crippen LogP contribution is -2.65. The van der Waals surface area contributed by atoms with Crippen LogP contribution in [0.2, 0.25) is 0 Å². The maximum atomic E-state index is 14.0. The smallest absolute Gasteiger partial charge is 0.255 e. The van der Waals surface area contributed by atoms with Crippen molar-refractivity contribution in [1.29, 1.82) is 0 Å². The number of nitrogens with two attached hydrogens (primary N) is 2. The average Bonchev–Trinajstić information content (AvgIpc) is 2.84. The number of phenolic OH excluding ortho intramolecular Hbond substituents is 1. The minimum atomic E-state index is -2.74. The van der Waals surface area contributed by atoms with Crippen LogP contribution in [0.15, 0.2) is 23.0 Å². The molecule has 13 nitrogen and oxygen atoms in total. The maximum absolute atomic E-state index is 14.0. The van der Waals surface area contributed by atoms with Gasteiger partial charge in [0.05, 0.1) is 17.2 Å². The van der Waals surface area contributed by atoms with Gasteiger partial charge in [0, 0.05) is 44.4 Å². The summed E-state index contributed by atoms with van der Waals surface area (Å²) in [6.45, 7) is 0.290. The molecule has 0 radical (unpaired) electrons. The van der Waals surface area contributed by atoms with Crippen LogP contribution in [0.3, 0.4) is 0 Å². The van der Waals surface area contributed by atoms with Gasteiger partial charge >= 0.3 is 0 Å². The number of Topliss-reactive ketones (excluding diaryl/α,β-unsaturated/α-hetero) is 2. The van der Waals surface area contributed by atoms with Gasteiger partial charge in [0.25, 0.3) is 11.8 Å². The number of aliphatic hydroxyl groups excluding tert-OH is 2. The summed E-state index contributed by atoms with van der Waals surface area (Å²) in [6.07, 6.45) is 0.0818. The van der Waals surface area contributed by atoms with Crippen LogP contribution >= 0.6 is 0 Å². The summed E-state index contributed by atoms with van der Waals surface area (Å²) >= 11 is 0. The minimum Gasteiger partial charge on any atom is -0.508 e. The zero-order valence-electron chi connectivity index (χ0n) is 22.1. The predicted molar refractivity (Wildman–Crippen MR) is 140 cm³/mol. The molecular formula is C26H33N5O8. The van der Waals surface area contributed by atoms with E-state index in [1.807, 2.05) is 0 Å². The second-order valence-corrected chi connectivity index (χ2v) is 10.5. The Kier molecular flexibility index (Phi) is 6.96. The third kappa shape index (κ3) is 3.96. The molecule has 0 heterocycles. The number of aromatic hydroxyl groups is 1. The summed E-state index contributed by atoms with van der Waals surface area (Å²) in [6, 6.07) is 0.303. The Morgan fingerprint density at radius 3 is 2.33 bits per heavy atom. The first-order valence-electron chi connectivity index (χ1n) is 12.4. The Hall–Kier alpha value is -3.94. The molecule has 0 unspecified atom stereocenters. The number of anilines is 1. The first-order valence-corrected chi connectivity index (χ1v) is 12.4. The van der Waals surface area contributed by atoms with Crippen molar-refractivity contribution in [3.63, 3.8) is 0 Å². The van der Waals surface area contributed by atoms with Crippen molar-refractivity contribution in [1.82, 2.24) is 10.2 Å². The lowest BCUT2D eigenvalue weighted by atomic mass is 9.57. The summed E-state index contributed by atoms with van der Waals surface area (Å²) in [4.78, 5) is 55.1. The van der Waals surface area contributed by atoms with Gasteiger partial charge < -0.3 is 42.1 Å². The van der Waals surface area contributed by atoms with Crippen molar-refractivity contribution >= 4 is 34.8 Å². The number of nitrogens with one attached hydrogen (secondary N) is 1. The minimum absolute atomic E-state index is 0.0296. The molecule has 3 aliphatic rings. The van der Waals surface area contributed by atoms with Gasteiger partial charge in [-0.3, -0.25) is 24.1 Å². The Morgan fingerprint density at radius 1 is 1.15 bits per heavy atom. The standard InChI is InChI=1S/C26H33N5O8/c1-30(2)14-9-12(25(38)29-6-5-27)19(32)16-11(14)7-10-8-13-18(31(3)4)21(34)17(24(28)37)23(36)26(13,39)22(35)15(10)20(16)33/h9-10,13,18,32-33,36,39H,5-8,27H2,1-4H3,(H2,28,37)(H,29,38)/t10-,13-,18-,26-/m0/s1. The van der Waals surface area contributed by atoms with E-state index in [0.717, 1.165) is 0 Å². The number of carbonyl (C=O) groups excluding carboxylic acids is 4. The molecule has 1 aromatic rings. The second-order valence-electron chi connectivity index (χ2n) is 10.5. The molecule has 4 atom stereocenters. The average molecular weight is 544 g/mol. The van der Waals surface area contributed by atoms with Gasteiger partial charge in [-0.2, -0.15) is 0 Å². The molecule has 39 heavy (non-hydrogen) atoms. The monoisotopic (exact) mass is 543 g/mol. The Bertz CT molecular complexity index is 1360. The summed E-state index contributed by atoms with van der Waals surface area (Å²) in [5.74, 6) is -8.18. The lowest BCUT2D eigenvalue weighted by molar-refractivity contribution is -0.153. The van der Waals surface area contributed by atoms with Crippen molar-refractivity contribution in [2.45, 2.75) is 24.5 Å². The normalized spacial score (nSPS) is 26.3. The van der Waals surface area contributed by atoms with Crippen molar-refractivity contribution in [3.8, 4) is 5.75 Å². The van der Waals surface area contributed by atoms with Crippen molar-refractivity contribution in [3.05, 3.63) is 39.7 Å². The number of nitrogens with zero attached hydrogens (tertiary/aromatic N) is 2. The SMILES string of the molecule is CN(C)c1cc(C(=O)NCCN)c(O)c2c1C[C@H]1C[C@H]3[C@H](N(C)C)C(=O)C(C(N)=O)=C(O)[C@@]3(O)C(=O)C1=C2O. The number of hydrogen-bond donors (Lipinski definition) is 7. The molecular weight excluding hydrogens is 510 g/mol. The van der Waals surface area contributed by atoms with E-state index in [0.29, 0.717) is 11.3 Å². The number of phenols is 1. The highest BCUT2D eigenvalue weighted by Gasteiger charge is 2.64. The highest BCUT2D eigenvalue weighted by molar-refractivity contribution is 6.24. The molecule has 210 valence electrons. The Labute approximate surface area is 224 Å². The maximum Gasteiger partial charge on any atom is 0.255 e. The number of likely N-dealkylation sites (N-methyl/N-ethyl adjacent to an activating group) is 1. The van der Waals surface area contributed by atoms with Crippen LogP contribution in [0.1, 0.15) is 27.9 Å². The highest BCUT2D eigenvalue weighted by atomic mass is 16.3. The van der Waals surface area contributed by atoms with Crippen LogP contribution in [-0.4, -0.2) is 102 Å². The molecule has 13 heteroatoms. The van der Waals surface area contributed by atoms with Crippen LogP contribution in [-0.2, 0) is 20.8 Å². The van der Waals surface area contributed by atoms with Gasteiger partial charge in [0.1, 0.15) is 22.8 Å². The van der Waals surface area contributed by atoms with Gasteiger partial charge in [-0.05, 0) is 44.5 Å². The number of carbonyl (C=O) groups is 4. The fourth-order valence-corrected chi connectivity index (χ4v) is 6.14. The zero-order chi connectivity index (χ0) is 29.1. The molecule has 9 N–H and O–H groups in total. The van der Waals surface area contributed by atoms with Gasteiger partial charge in [0.15, 0.2) is 11.4 Å². The molecule has 1 saturated carbocycles. The molecule has 4 rings (SSSR count). The van der Waals surface area contributed by atoms with E-state index in [9.17, 15) is 39.6 Å². The van der Waals surface area contributed by atoms with Gasteiger partial charge in [0.2, 0.25) is 5.78 Å². The summed E-state index contributed by atoms with van der Waals surface area (Å²) < 4.78 is 0. The number of ketones is 2. The van der Waals surface area contributed by atoms with Gasteiger partial charge in [-0.15, -0.1) is 0 Å². The number of primary amides is 1. The largest absolute Gasteiger partial charge is 0.508 e. The summed E-state index contributed by atoms with van der Waals surface area (Å²) in [7, 11) is 6.50. The lowest BCUT2D eigenvalue weighted by Gasteiger charge is -2.50. The van der Waals surface area contributed by atoms with E-state index in [-0.39, 0.29) is 42.6 Å². The number of fused-ring (bicyclic) bond motifs is 3. The molecule has 0 saturated heterocycles. The molecule has 0 spiro atoms. The van der Waals surface area contributed by atoms with E-state index in [4.69, 9.17) is 11.5 Å². The summed E-state index contributed by atoms with van der Waals surface area (Å²) in [5, 5.41) is 47.7. The number of hydrogen-bond acceptors (Lipinski definition) is 11. The fourth-order valence-electron chi connectivity index (χ4n) is 6.14. The molecule has 2 amide bonds. The van der Waals surface area contributed by atoms with Crippen molar-refractivity contribution < 1.29 is 39.6 Å². The second kappa shape index (κ2) is 9.67. The van der Waals surface area contributed by atoms with Crippen LogP contribution in [0.25, 0.3) is 5.76 Å². The predicted octanol–water partition coefficient (Wildman–Crippen LogP) is -1.28. The molecule has 1 aromatic carbocycles. The zero-order valence-corrected chi connectivity index (χ0v) is 22.1. The Balaban J connectivity index is 1.98. The number of aliphatic hydroxyl groups is 3. The first-order chi connectivity index (χ1) is 18.2. The first kappa shape index (κ1) is 28.1. The third-order valence-corrected chi connectivity index (χ3v) is 7.85. The van der Waals surface area contributed by atoms with Crippen molar-refractivity contribution in [2.24, 2.45) is 23.3 Å². The third-order valence-electron chi connectivity index (χ3n) is 7.85. The molecule has 0 aromatic heterocycles. The molecule has 0 aliphatic heterocycles. The van der Waals surface area contributed by atoms with Gasteiger partial charge in [-0.1, -0.05) is 0 Å². The fraction of sp³-hybridized carbons (Fsp3) is 0.462. The number of rotatable bonds is 6. The van der Waals surface area contributed by atoms with E-state index in [1.54, 1.807) is 19.0 Å². The molecule has 0 bridgehead atoms.